The molecule has 2 aromatic carbocycles. The van der Waals surface area contributed by atoms with Gasteiger partial charge >= 0.3 is 0 Å². The Morgan fingerprint density at radius 2 is 1.60 bits per heavy atom. The van der Waals surface area contributed by atoms with Gasteiger partial charge in [0, 0.05) is 12.1 Å². The van der Waals surface area contributed by atoms with Crippen LogP contribution in [0, 0.1) is 20.2 Å². The number of carbonyl (C=O) groups excluding carboxylic acids is 1. The van der Waals surface area contributed by atoms with Gasteiger partial charge in [-0.25, -0.2) is 0 Å². The van der Waals surface area contributed by atoms with Crippen LogP contribution < -0.4 is 5.32 Å². The Bertz CT molecular complexity index is 761. The fourth-order valence-corrected chi connectivity index (χ4v) is 2.27. The Kier molecular flexibility index (Phi) is 5.75. The van der Waals surface area contributed by atoms with Crippen molar-refractivity contribution in [2.75, 3.05) is 6.61 Å². The first-order chi connectivity index (χ1) is 11.9. The van der Waals surface area contributed by atoms with Crippen LogP contribution in [-0.2, 0) is 6.42 Å². The Morgan fingerprint density at radius 1 is 1.04 bits per heavy atom. The van der Waals surface area contributed by atoms with Gasteiger partial charge in [0.2, 0.25) is 0 Å². The highest BCUT2D eigenvalue weighted by molar-refractivity contribution is 5.95. The molecule has 130 valence electrons. The number of carbonyl (C=O) groups is 1. The lowest BCUT2D eigenvalue weighted by Gasteiger charge is -2.16. The fraction of sp³-hybridized carbons (Fsp3) is 0.188. The van der Waals surface area contributed by atoms with E-state index < -0.39 is 33.2 Å². The van der Waals surface area contributed by atoms with Crippen LogP contribution in [0.1, 0.15) is 15.9 Å². The van der Waals surface area contributed by atoms with Crippen molar-refractivity contribution in [3.05, 3.63) is 79.9 Å². The second kappa shape index (κ2) is 7.97. The summed E-state index contributed by atoms with van der Waals surface area (Å²) in [7, 11) is 0. The van der Waals surface area contributed by atoms with E-state index in [1.54, 1.807) is 0 Å². The number of aliphatic hydroxyl groups is 1. The van der Waals surface area contributed by atoms with Gasteiger partial charge in [-0.05, 0) is 12.0 Å². The third kappa shape index (κ3) is 4.82. The van der Waals surface area contributed by atoms with Crippen molar-refractivity contribution in [3.63, 3.8) is 0 Å². The van der Waals surface area contributed by atoms with Crippen LogP contribution in [0.3, 0.4) is 0 Å². The summed E-state index contributed by atoms with van der Waals surface area (Å²) in [5.41, 5.74) is -0.440. The van der Waals surface area contributed by atoms with Gasteiger partial charge in [-0.15, -0.1) is 0 Å². The molecule has 0 unspecified atom stereocenters. The van der Waals surface area contributed by atoms with Crippen molar-refractivity contribution in [3.8, 4) is 0 Å². The Labute approximate surface area is 142 Å². The average molecular weight is 345 g/mol. The van der Waals surface area contributed by atoms with Crippen LogP contribution in [0.15, 0.2) is 48.5 Å². The molecule has 0 spiro atoms. The number of aliphatic hydroxyl groups excluding tert-OH is 1. The topological polar surface area (TPSA) is 136 Å². The van der Waals surface area contributed by atoms with Gasteiger partial charge in [-0.2, -0.15) is 0 Å². The highest BCUT2D eigenvalue weighted by atomic mass is 16.6. The number of rotatable bonds is 7. The van der Waals surface area contributed by atoms with Gasteiger partial charge in [-0.1, -0.05) is 30.3 Å². The lowest BCUT2D eigenvalue weighted by atomic mass is 10.1. The summed E-state index contributed by atoms with van der Waals surface area (Å²) in [5, 5.41) is 33.7. The summed E-state index contributed by atoms with van der Waals surface area (Å²) in [5.74, 6) is -0.734. The molecule has 2 N–H and O–H groups in total. The first-order valence-corrected chi connectivity index (χ1v) is 7.30. The molecule has 0 saturated carbocycles. The number of amides is 1. The fourth-order valence-electron chi connectivity index (χ4n) is 2.27. The van der Waals surface area contributed by atoms with Crippen molar-refractivity contribution >= 4 is 17.3 Å². The molecule has 0 aliphatic carbocycles. The second-order valence-corrected chi connectivity index (χ2v) is 5.29. The number of nitro groups is 2. The summed E-state index contributed by atoms with van der Waals surface area (Å²) in [6, 6.07) is 11.2. The quantitative estimate of drug-likeness (QED) is 0.580. The van der Waals surface area contributed by atoms with Crippen LogP contribution in [0.4, 0.5) is 11.4 Å². The van der Waals surface area contributed by atoms with Crippen LogP contribution in [-0.4, -0.2) is 33.5 Å². The molecule has 9 nitrogen and oxygen atoms in total. The van der Waals surface area contributed by atoms with Crippen molar-refractivity contribution in [1.82, 2.24) is 5.32 Å². The molecule has 0 aliphatic rings. The van der Waals surface area contributed by atoms with Gasteiger partial charge in [0.1, 0.15) is 0 Å². The third-order valence-electron chi connectivity index (χ3n) is 3.47. The molecule has 0 heterocycles. The number of hydrogen-bond donors (Lipinski definition) is 2. The molecule has 0 aromatic heterocycles. The molecule has 0 bridgehead atoms. The zero-order valence-electron chi connectivity index (χ0n) is 13.0. The smallest absolute Gasteiger partial charge is 0.277 e. The number of nitrogens with one attached hydrogen (secondary N) is 1. The zero-order valence-corrected chi connectivity index (χ0v) is 13.0. The Morgan fingerprint density at radius 3 is 2.08 bits per heavy atom. The predicted molar refractivity (Wildman–Crippen MR) is 88.2 cm³/mol. The summed E-state index contributed by atoms with van der Waals surface area (Å²) < 4.78 is 0. The largest absolute Gasteiger partial charge is 0.394 e. The predicted octanol–water partition coefficient (Wildman–Crippen LogP) is 1.84. The number of benzene rings is 2. The summed E-state index contributed by atoms with van der Waals surface area (Å²) in [6.07, 6.45) is 0.347. The Hall–Kier alpha value is -3.33. The van der Waals surface area contributed by atoms with Gasteiger partial charge in [-0.3, -0.25) is 25.0 Å². The van der Waals surface area contributed by atoms with E-state index in [1.807, 2.05) is 30.3 Å². The summed E-state index contributed by atoms with van der Waals surface area (Å²) >= 11 is 0. The molecule has 2 aromatic rings. The highest BCUT2D eigenvalue weighted by Crippen LogP contribution is 2.22. The highest BCUT2D eigenvalue weighted by Gasteiger charge is 2.21. The van der Waals surface area contributed by atoms with Crippen LogP contribution >= 0.6 is 0 Å². The van der Waals surface area contributed by atoms with Crippen LogP contribution in [0.2, 0.25) is 0 Å². The molecular weight excluding hydrogens is 330 g/mol. The minimum absolute atomic E-state index is 0.215. The lowest BCUT2D eigenvalue weighted by Crippen LogP contribution is -2.39. The normalized spacial score (nSPS) is 11.6. The van der Waals surface area contributed by atoms with Crippen molar-refractivity contribution in [1.29, 1.82) is 0 Å². The first kappa shape index (κ1) is 18.0. The van der Waals surface area contributed by atoms with E-state index in [0.29, 0.717) is 6.42 Å². The van der Waals surface area contributed by atoms with Gasteiger partial charge < -0.3 is 10.4 Å². The maximum absolute atomic E-state index is 12.3. The first-order valence-electron chi connectivity index (χ1n) is 7.30. The van der Waals surface area contributed by atoms with Crippen LogP contribution in [0.25, 0.3) is 0 Å². The van der Waals surface area contributed by atoms with Gasteiger partial charge in [0.05, 0.1) is 34.1 Å². The number of nitro benzene ring substituents is 2. The minimum atomic E-state index is -0.808. The molecule has 25 heavy (non-hydrogen) atoms. The summed E-state index contributed by atoms with van der Waals surface area (Å²) in [6.45, 7) is -0.350. The van der Waals surface area contributed by atoms with Crippen LogP contribution in [0.5, 0.6) is 0 Å². The van der Waals surface area contributed by atoms with Crippen molar-refractivity contribution in [2.24, 2.45) is 0 Å². The lowest BCUT2D eigenvalue weighted by molar-refractivity contribution is -0.394. The third-order valence-corrected chi connectivity index (χ3v) is 3.47. The second-order valence-electron chi connectivity index (χ2n) is 5.29. The minimum Gasteiger partial charge on any atom is -0.394 e. The van der Waals surface area contributed by atoms with E-state index in [2.05, 4.69) is 5.32 Å². The molecular formula is C16H15N3O6. The maximum Gasteiger partial charge on any atom is 0.277 e. The number of nitrogens with zero attached hydrogens (tertiary/aromatic N) is 2. The zero-order chi connectivity index (χ0) is 18.4. The van der Waals surface area contributed by atoms with E-state index >= 15 is 0 Å². The molecule has 0 saturated heterocycles. The van der Waals surface area contributed by atoms with E-state index in [9.17, 15) is 30.1 Å². The average Bonchev–Trinajstić information content (AvgIpc) is 2.61. The number of non-ortho nitro benzene ring substituents is 2. The van der Waals surface area contributed by atoms with E-state index in [0.717, 1.165) is 23.8 Å². The van der Waals surface area contributed by atoms with Gasteiger partial charge in [0.15, 0.2) is 0 Å². The molecule has 0 radical (unpaired) electrons. The molecule has 1 amide bonds. The van der Waals surface area contributed by atoms with Crippen molar-refractivity contribution in [2.45, 2.75) is 12.5 Å². The van der Waals surface area contributed by atoms with E-state index in [4.69, 9.17) is 0 Å². The maximum atomic E-state index is 12.3. The van der Waals surface area contributed by atoms with E-state index in [1.165, 1.54) is 0 Å². The van der Waals surface area contributed by atoms with Crippen molar-refractivity contribution < 1.29 is 19.7 Å². The van der Waals surface area contributed by atoms with Gasteiger partial charge in [0.25, 0.3) is 17.3 Å². The molecule has 2 rings (SSSR count). The molecule has 0 fully saturated rings. The standard InChI is InChI=1S/C16H15N3O6/c20-10-13(6-11-4-2-1-3-5-11)17-16(21)12-7-14(18(22)23)9-15(8-12)19(24)25/h1-5,7-9,13,20H,6,10H2,(H,17,21)/t13-/m0/s1. The molecule has 0 aliphatic heterocycles. The monoisotopic (exact) mass is 345 g/mol. The molecule has 1 atom stereocenters. The molecule has 9 heteroatoms. The number of hydrogen-bond acceptors (Lipinski definition) is 6. The Balaban J connectivity index is 2.21. The summed E-state index contributed by atoms with van der Waals surface area (Å²) in [4.78, 5) is 32.4. The van der Waals surface area contributed by atoms with E-state index in [-0.39, 0.29) is 12.2 Å². The SMILES string of the molecule is O=C(N[C@H](CO)Cc1ccccc1)c1cc([N+](=O)[O-])cc([N+](=O)[O-])c1.